The van der Waals surface area contributed by atoms with Crippen molar-refractivity contribution in [3.8, 4) is 6.07 Å². The van der Waals surface area contributed by atoms with Crippen LogP contribution in [0.4, 0.5) is 0 Å². The quantitative estimate of drug-likeness (QED) is 0.581. The van der Waals surface area contributed by atoms with Gasteiger partial charge < -0.3 is 10.1 Å². The van der Waals surface area contributed by atoms with Gasteiger partial charge in [-0.3, -0.25) is 0 Å². The summed E-state index contributed by atoms with van der Waals surface area (Å²) in [6.45, 7) is 0.911. The van der Waals surface area contributed by atoms with Crippen LogP contribution < -0.4 is 5.32 Å². The summed E-state index contributed by atoms with van der Waals surface area (Å²) in [5.74, 6) is 0.647. The highest BCUT2D eigenvalue weighted by Gasteiger charge is 2.10. The first-order valence-corrected chi connectivity index (χ1v) is 3.29. The lowest BCUT2D eigenvalue weighted by Gasteiger charge is -2.15. The van der Waals surface area contributed by atoms with E-state index in [4.69, 9.17) is 10.00 Å². The van der Waals surface area contributed by atoms with Crippen molar-refractivity contribution in [1.29, 1.82) is 5.26 Å². The minimum absolute atomic E-state index is 0.647. The molecule has 1 rings (SSSR count). The Labute approximate surface area is 60.3 Å². The Morgan fingerprint density at radius 3 is 3.00 bits per heavy atom. The van der Waals surface area contributed by atoms with Gasteiger partial charge in [0.15, 0.2) is 5.88 Å². The summed E-state index contributed by atoms with van der Waals surface area (Å²) >= 11 is 0. The highest BCUT2D eigenvalue weighted by molar-refractivity contribution is 5.25. The number of allylic oxidation sites excluding steroid dienone is 1. The Morgan fingerprint density at radius 2 is 2.50 bits per heavy atom. The SMILES string of the molecule is COC1=C(C#N)CCCN1. The van der Waals surface area contributed by atoms with Crippen LogP contribution in [0.25, 0.3) is 0 Å². The third-order valence-electron chi connectivity index (χ3n) is 1.50. The molecule has 10 heavy (non-hydrogen) atoms. The number of methoxy groups -OCH3 is 1. The number of ether oxygens (including phenoxy) is 1. The number of hydrogen-bond acceptors (Lipinski definition) is 3. The highest BCUT2D eigenvalue weighted by atomic mass is 16.5. The fourth-order valence-corrected chi connectivity index (χ4v) is 0.989. The van der Waals surface area contributed by atoms with E-state index in [0.717, 1.165) is 25.0 Å². The molecular weight excluding hydrogens is 128 g/mol. The van der Waals surface area contributed by atoms with E-state index in [9.17, 15) is 0 Å². The molecule has 0 fully saturated rings. The van der Waals surface area contributed by atoms with E-state index in [0.29, 0.717) is 5.88 Å². The van der Waals surface area contributed by atoms with Gasteiger partial charge in [0.2, 0.25) is 0 Å². The molecule has 0 atom stereocenters. The number of nitriles is 1. The zero-order valence-electron chi connectivity index (χ0n) is 5.98. The Kier molecular flexibility index (Phi) is 2.16. The monoisotopic (exact) mass is 138 g/mol. The van der Waals surface area contributed by atoms with Crippen molar-refractivity contribution >= 4 is 0 Å². The Morgan fingerprint density at radius 1 is 1.70 bits per heavy atom. The van der Waals surface area contributed by atoms with Crippen LogP contribution in [0.5, 0.6) is 0 Å². The van der Waals surface area contributed by atoms with E-state index in [1.165, 1.54) is 0 Å². The smallest absolute Gasteiger partial charge is 0.200 e. The van der Waals surface area contributed by atoms with Crippen molar-refractivity contribution in [3.05, 3.63) is 11.5 Å². The zero-order valence-corrected chi connectivity index (χ0v) is 5.98. The Balaban J connectivity index is 2.75. The van der Waals surface area contributed by atoms with Crippen LogP contribution in [-0.2, 0) is 4.74 Å². The Hall–Kier alpha value is -1.17. The first kappa shape index (κ1) is 6.94. The second kappa shape index (κ2) is 3.11. The summed E-state index contributed by atoms with van der Waals surface area (Å²) in [5.41, 5.74) is 0.730. The molecule has 1 heterocycles. The van der Waals surface area contributed by atoms with Crippen molar-refractivity contribution < 1.29 is 4.74 Å². The maximum absolute atomic E-state index is 8.56. The molecule has 54 valence electrons. The van der Waals surface area contributed by atoms with Gasteiger partial charge in [-0.25, -0.2) is 0 Å². The van der Waals surface area contributed by atoms with Crippen LogP contribution in [0.3, 0.4) is 0 Å². The molecule has 1 aliphatic heterocycles. The minimum atomic E-state index is 0.647. The summed E-state index contributed by atoms with van der Waals surface area (Å²) in [4.78, 5) is 0. The summed E-state index contributed by atoms with van der Waals surface area (Å²) in [5, 5.41) is 11.6. The predicted octanol–water partition coefficient (Wildman–Crippen LogP) is 0.751. The summed E-state index contributed by atoms with van der Waals surface area (Å²) < 4.78 is 4.94. The molecule has 0 unspecified atom stereocenters. The first-order valence-electron chi connectivity index (χ1n) is 3.29. The van der Waals surface area contributed by atoms with E-state index >= 15 is 0 Å². The van der Waals surface area contributed by atoms with Gasteiger partial charge in [-0.05, 0) is 12.8 Å². The molecule has 0 saturated carbocycles. The summed E-state index contributed by atoms with van der Waals surface area (Å²) in [7, 11) is 1.57. The van der Waals surface area contributed by atoms with Crippen molar-refractivity contribution in [1.82, 2.24) is 5.32 Å². The molecule has 1 N–H and O–H groups in total. The second-order valence-corrected chi connectivity index (χ2v) is 2.15. The topological polar surface area (TPSA) is 45.0 Å². The van der Waals surface area contributed by atoms with Crippen molar-refractivity contribution in [2.24, 2.45) is 0 Å². The number of nitrogens with one attached hydrogen (secondary N) is 1. The van der Waals surface area contributed by atoms with E-state index in [-0.39, 0.29) is 0 Å². The van der Waals surface area contributed by atoms with Gasteiger partial charge in [0.05, 0.1) is 12.7 Å². The minimum Gasteiger partial charge on any atom is -0.482 e. The van der Waals surface area contributed by atoms with Gasteiger partial charge in [0, 0.05) is 6.54 Å². The third-order valence-corrected chi connectivity index (χ3v) is 1.50. The molecule has 0 aromatic carbocycles. The fraction of sp³-hybridized carbons (Fsp3) is 0.571. The maximum Gasteiger partial charge on any atom is 0.200 e. The van der Waals surface area contributed by atoms with E-state index in [1.807, 2.05) is 0 Å². The van der Waals surface area contributed by atoms with Crippen molar-refractivity contribution in [3.63, 3.8) is 0 Å². The standard InChI is InChI=1S/C7H10N2O/c1-10-7-6(5-8)3-2-4-9-7/h9H,2-4H2,1H3. The number of nitrogens with zero attached hydrogens (tertiary/aromatic N) is 1. The molecule has 1 aliphatic rings. The largest absolute Gasteiger partial charge is 0.482 e. The average Bonchev–Trinajstić information content (AvgIpc) is 2.04. The average molecular weight is 138 g/mol. The molecular formula is C7H10N2O. The number of rotatable bonds is 1. The maximum atomic E-state index is 8.56. The Bertz CT molecular complexity index is 190. The zero-order chi connectivity index (χ0) is 7.40. The predicted molar refractivity (Wildman–Crippen MR) is 36.9 cm³/mol. The van der Waals surface area contributed by atoms with E-state index in [1.54, 1.807) is 7.11 Å². The van der Waals surface area contributed by atoms with Crippen LogP contribution in [0.2, 0.25) is 0 Å². The molecule has 0 aromatic rings. The third kappa shape index (κ3) is 1.21. The molecule has 0 aromatic heterocycles. The van der Waals surface area contributed by atoms with Crippen LogP contribution in [0.15, 0.2) is 11.5 Å². The molecule has 0 saturated heterocycles. The van der Waals surface area contributed by atoms with Gasteiger partial charge in [-0.1, -0.05) is 0 Å². The molecule has 0 spiro atoms. The van der Waals surface area contributed by atoms with Crippen molar-refractivity contribution in [2.75, 3.05) is 13.7 Å². The second-order valence-electron chi connectivity index (χ2n) is 2.15. The lowest BCUT2D eigenvalue weighted by Crippen LogP contribution is -2.22. The van der Waals surface area contributed by atoms with Gasteiger partial charge in [0.1, 0.15) is 6.07 Å². The van der Waals surface area contributed by atoms with Crippen LogP contribution in [0, 0.1) is 11.3 Å². The van der Waals surface area contributed by atoms with Crippen LogP contribution in [0.1, 0.15) is 12.8 Å². The first-order chi connectivity index (χ1) is 4.88. The van der Waals surface area contributed by atoms with Crippen molar-refractivity contribution in [2.45, 2.75) is 12.8 Å². The van der Waals surface area contributed by atoms with E-state index in [2.05, 4.69) is 11.4 Å². The van der Waals surface area contributed by atoms with Gasteiger partial charge in [0.25, 0.3) is 0 Å². The van der Waals surface area contributed by atoms with Gasteiger partial charge in [-0.2, -0.15) is 5.26 Å². The van der Waals surface area contributed by atoms with Gasteiger partial charge >= 0.3 is 0 Å². The molecule has 0 bridgehead atoms. The molecule has 0 radical (unpaired) electrons. The van der Waals surface area contributed by atoms with Crippen LogP contribution in [-0.4, -0.2) is 13.7 Å². The number of hydrogen-bond donors (Lipinski definition) is 1. The fourth-order valence-electron chi connectivity index (χ4n) is 0.989. The van der Waals surface area contributed by atoms with Crippen LogP contribution >= 0.6 is 0 Å². The molecule has 0 aliphatic carbocycles. The normalized spacial score (nSPS) is 17.6. The highest BCUT2D eigenvalue weighted by Crippen LogP contribution is 2.12. The molecule has 3 nitrogen and oxygen atoms in total. The van der Waals surface area contributed by atoms with Gasteiger partial charge in [-0.15, -0.1) is 0 Å². The molecule has 0 amide bonds. The van der Waals surface area contributed by atoms with E-state index < -0.39 is 0 Å². The summed E-state index contributed by atoms with van der Waals surface area (Å²) in [6, 6.07) is 2.10. The summed E-state index contributed by atoms with van der Waals surface area (Å²) in [6.07, 6.45) is 1.86. The lowest BCUT2D eigenvalue weighted by atomic mass is 10.1. The molecule has 3 heteroatoms. The lowest BCUT2D eigenvalue weighted by molar-refractivity contribution is 0.249.